The molecule has 9 heteroatoms. The summed E-state index contributed by atoms with van der Waals surface area (Å²) >= 11 is 0. The second-order valence-corrected chi connectivity index (χ2v) is 12.2. The zero-order valence-corrected chi connectivity index (χ0v) is 30.2. The predicted octanol–water partition coefficient (Wildman–Crippen LogP) is 6.96. The van der Waals surface area contributed by atoms with Crippen molar-refractivity contribution in [2.24, 2.45) is 0 Å². The average molecular weight is 691 g/mol. The van der Waals surface area contributed by atoms with E-state index in [1.165, 1.54) is 25.7 Å². The molecule has 4 N–H and O–H groups in total. The van der Waals surface area contributed by atoms with E-state index in [-0.39, 0.29) is 19.6 Å². The van der Waals surface area contributed by atoms with E-state index in [1.54, 1.807) is 6.92 Å². The number of carbonyl (C=O) groups excluding carboxylic acids is 1. The molecule has 49 heavy (non-hydrogen) atoms. The fourth-order valence-corrected chi connectivity index (χ4v) is 5.00. The van der Waals surface area contributed by atoms with E-state index >= 15 is 0 Å². The first kappa shape index (κ1) is 44.7. The number of aliphatic hydroxyl groups excluding tert-OH is 4. The Morgan fingerprint density at radius 2 is 1.16 bits per heavy atom. The summed E-state index contributed by atoms with van der Waals surface area (Å²) in [7, 11) is 0. The molecule has 0 aliphatic carbocycles. The fourth-order valence-electron chi connectivity index (χ4n) is 5.00. The summed E-state index contributed by atoms with van der Waals surface area (Å²) in [5.41, 5.74) is 0. The highest BCUT2D eigenvalue weighted by molar-refractivity contribution is 5.69. The number of aliphatic hydroxyl groups is 4. The van der Waals surface area contributed by atoms with Crippen molar-refractivity contribution in [2.75, 3.05) is 26.4 Å². The van der Waals surface area contributed by atoms with Gasteiger partial charge in [-0.1, -0.05) is 119 Å². The van der Waals surface area contributed by atoms with E-state index in [4.69, 9.17) is 18.9 Å². The Balaban J connectivity index is 2.03. The van der Waals surface area contributed by atoms with E-state index in [0.29, 0.717) is 6.61 Å². The molecule has 1 heterocycles. The normalized spacial score (nSPS) is 22.6. The highest BCUT2D eigenvalue weighted by Crippen LogP contribution is 2.22. The van der Waals surface area contributed by atoms with Crippen LogP contribution in [0.2, 0.25) is 0 Å². The standard InChI is InChI=1S/C40H66O9/c1-3-5-6-7-8-9-10-11-12-13-14-15-16-17-18-19-20-21-22-23-24-25-26-27-28-29-30-46-32-34(48-36(42)4-2)33-47-40-39(45)38(44)37(43)35(31-41)49-40/h5-6,8-9,11-12,14-15,17-18,20-21,34-35,37-41,43-45H,3-4,7,10,13,16,19,22-33H2,1-2H3/b6-5-,9-8-,12-11-,15-14-,18-17-,21-20-. The van der Waals surface area contributed by atoms with E-state index in [0.717, 1.165) is 64.2 Å². The first-order chi connectivity index (χ1) is 23.9. The Bertz CT molecular complexity index is 969. The van der Waals surface area contributed by atoms with Crippen LogP contribution in [0.25, 0.3) is 0 Å². The Hall–Kier alpha value is -2.37. The van der Waals surface area contributed by atoms with Gasteiger partial charge in [0.1, 0.15) is 30.5 Å². The quantitative estimate of drug-likeness (QED) is 0.0373. The number of hydrogen-bond donors (Lipinski definition) is 4. The lowest BCUT2D eigenvalue weighted by molar-refractivity contribution is -0.305. The second-order valence-electron chi connectivity index (χ2n) is 12.2. The monoisotopic (exact) mass is 690 g/mol. The molecule has 9 nitrogen and oxygen atoms in total. The van der Waals surface area contributed by atoms with Crippen LogP contribution in [0.3, 0.4) is 0 Å². The summed E-state index contributed by atoms with van der Waals surface area (Å²) in [4.78, 5) is 11.9. The maximum Gasteiger partial charge on any atom is 0.305 e. The van der Waals surface area contributed by atoms with Gasteiger partial charge in [0.25, 0.3) is 0 Å². The summed E-state index contributed by atoms with van der Waals surface area (Å²) in [6.07, 6.45) is 34.5. The van der Waals surface area contributed by atoms with Gasteiger partial charge in [-0.2, -0.15) is 0 Å². The van der Waals surface area contributed by atoms with Crippen LogP contribution in [0.1, 0.15) is 110 Å². The Labute approximate surface area is 296 Å². The van der Waals surface area contributed by atoms with Crippen LogP contribution in [-0.4, -0.2) is 89.6 Å². The van der Waals surface area contributed by atoms with Crippen LogP contribution < -0.4 is 0 Å². The van der Waals surface area contributed by atoms with E-state index in [1.807, 2.05) is 0 Å². The first-order valence-electron chi connectivity index (χ1n) is 18.5. The zero-order valence-electron chi connectivity index (χ0n) is 30.2. The lowest BCUT2D eigenvalue weighted by atomic mass is 9.99. The second kappa shape index (κ2) is 31.6. The van der Waals surface area contributed by atoms with Crippen molar-refractivity contribution >= 4 is 5.97 Å². The molecule has 6 unspecified atom stereocenters. The van der Waals surface area contributed by atoms with Gasteiger partial charge < -0.3 is 39.4 Å². The summed E-state index contributed by atoms with van der Waals surface area (Å²) in [6, 6.07) is 0. The molecule has 0 radical (unpaired) electrons. The molecule has 0 bridgehead atoms. The number of esters is 1. The van der Waals surface area contributed by atoms with Gasteiger partial charge >= 0.3 is 5.97 Å². The molecule has 0 aromatic heterocycles. The van der Waals surface area contributed by atoms with E-state index in [2.05, 4.69) is 79.8 Å². The first-order valence-corrected chi connectivity index (χ1v) is 18.5. The number of rotatable bonds is 29. The van der Waals surface area contributed by atoms with Crippen molar-refractivity contribution < 1.29 is 44.2 Å². The molecule has 280 valence electrons. The molecule has 6 atom stereocenters. The number of carbonyl (C=O) groups is 1. The van der Waals surface area contributed by atoms with Crippen LogP contribution in [-0.2, 0) is 23.7 Å². The third-order valence-corrected chi connectivity index (χ3v) is 7.94. The molecule has 0 aromatic carbocycles. The van der Waals surface area contributed by atoms with Gasteiger partial charge in [0.2, 0.25) is 0 Å². The highest BCUT2D eigenvalue weighted by atomic mass is 16.7. The van der Waals surface area contributed by atoms with Gasteiger partial charge in [-0.25, -0.2) is 0 Å². The molecule has 0 aromatic rings. The van der Waals surface area contributed by atoms with Gasteiger partial charge in [0, 0.05) is 13.0 Å². The number of unbranched alkanes of at least 4 members (excludes halogenated alkanes) is 7. The van der Waals surface area contributed by atoms with Crippen molar-refractivity contribution in [3.8, 4) is 0 Å². The summed E-state index contributed by atoms with van der Waals surface area (Å²) < 4.78 is 22.0. The lowest BCUT2D eigenvalue weighted by Crippen LogP contribution is -2.59. The van der Waals surface area contributed by atoms with E-state index < -0.39 is 49.4 Å². The van der Waals surface area contributed by atoms with Crippen LogP contribution in [0, 0.1) is 0 Å². The van der Waals surface area contributed by atoms with Crippen LogP contribution >= 0.6 is 0 Å². The van der Waals surface area contributed by atoms with Gasteiger partial charge in [0.05, 0.1) is 19.8 Å². The van der Waals surface area contributed by atoms with Gasteiger partial charge in [-0.3, -0.25) is 4.79 Å². The van der Waals surface area contributed by atoms with Crippen molar-refractivity contribution in [3.63, 3.8) is 0 Å². The van der Waals surface area contributed by atoms with Gasteiger partial charge in [-0.05, 0) is 57.8 Å². The molecule has 1 aliphatic heterocycles. The predicted molar refractivity (Wildman–Crippen MR) is 196 cm³/mol. The van der Waals surface area contributed by atoms with Crippen LogP contribution in [0.5, 0.6) is 0 Å². The molecule has 1 saturated heterocycles. The smallest absolute Gasteiger partial charge is 0.305 e. The van der Waals surface area contributed by atoms with Crippen molar-refractivity contribution in [1.82, 2.24) is 0 Å². The Morgan fingerprint density at radius 3 is 1.69 bits per heavy atom. The zero-order chi connectivity index (χ0) is 35.8. The Kier molecular flexibility index (Phi) is 28.8. The number of hydrogen-bond acceptors (Lipinski definition) is 9. The molecule has 0 amide bonds. The minimum absolute atomic E-state index is 0.123. The van der Waals surface area contributed by atoms with Crippen LogP contribution in [0.4, 0.5) is 0 Å². The summed E-state index contributed by atoms with van der Waals surface area (Å²) in [5.74, 6) is -0.410. The largest absolute Gasteiger partial charge is 0.457 e. The third kappa shape index (κ3) is 23.6. The Morgan fingerprint density at radius 1 is 0.653 bits per heavy atom. The molecule has 1 fully saturated rings. The maximum absolute atomic E-state index is 11.9. The average Bonchev–Trinajstić information content (AvgIpc) is 3.11. The molecule has 1 aliphatic rings. The molecule has 0 spiro atoms. The van der Waals surface area contributed by atoms with Gasteiger partial charge in [0.15, 0.2) is 6.29 Å². The number of ether oxygens (including phenoxy) is 4. The van der Waals surface area contributed by atoms with E-state index in [9.17, 15) is 25.2 Å². The minimum Gasteiger partial charge on any atom is -0.457 e. The van der Waals surface area contributed by atoms with Crippen LogP contribution in [0.15, 0.2) is 72.9 Å². The highest BCUT2D eigenvalue weighted by Gasteiger charge is 2.44. The van der Waals surface area contributed by atoms with Crippen molar-refractivity contribution in [2.45, 2.75) is 147 Å². The fraction of sp³-hybridized carbons (Fsp3) is 0.675. The minimum atomic E-state index is -1.54. The molecular formula is C40H66O9. The SMILES string of the molecule is CC/C=C\C/C=C\C/C=C\C/C=C\C/C=C\C/C=C\CCCCCCCCCOCC(COC1OC(CO)C(O)C(O)C1O)OC(=O)CC. The maximum atomic E-state index is 11.9. The molecule has 0 saturated carbocycles. The topological polar surface area (TPSA) is 135 Å². The summed E-state index contributed by atoms with van der Waals surface area (Å²) in [6.45, 7) is 3.81. The molecular weight excluding hydrogens is 624 g/mol. The van der Waals surface area contributed by atoms with Gasteiger partial charge in [-0.15, -0.1) is 0 Å². The van der Waals surface area contributed by atoms with Crippen molar-refractivity contribution in [3.05, 3.63) is 72.9 Å². The summed E-state index contributed by atoms with van der Waals surface area (Å²) in [5, 5.41) is 39.4. The lowest BCUT2D eigenvalue weighted by Gasteiger charge is -2.39. The molecule has 1 rings (SSSR count). The number of allylic oxidation sites excluding steroid dienone is 12. The van der Waals surface area contributed by atoms with Crippen molar-refractivity contribution in [1.29, 1.82) is 0 Å². The third-order valence-electron chi connectivity index (χ3n) is 7.94.